The average Bonchev–Trinajstić information content (AvgIpc) is 2.21. The third-order valence-corrected chi connectivity index (χ3v) is 2.70. The third-order valence-electron chi connectivity index (χ3n) is 1.73. The highest BCUT2D eigenvalue weighted by atomic mass is 32.2. The Morgan fingerprint density at radius 1 is 1.28 bits per heavy atom. The van der Waals surface area contributed by atoms with Crippen molar-refractivity contribution in [2.45, 2.75) is 5.51 Å². The van der Waals surface area contributed by atoms with Crippen molar-refractivity contribution >= 4 is 15.8 Å². The van der Waals surface area contributed by atoms with Crippen LogP contribution in [0.5, 0.6) is 5.75 Å². The molecule has 0 saturated carbocycles. The molecule has 18 heavy (non-hydrogen) atoms. The summed E-state index contributed by atoms with van der Waals surface area (Å²) in [4.78, 5) is 4.43. The Morgan fingerprint density at radius 2 is 1.89 bits per heavy atom. The normalized spacial score (nSPS) is 12.5. The minimum atomic E-state index is -5.85. The molecule has 10 heteroatoms. The molecule has 0 aromatic heterocycles. The molecule has 1 aromatic rings. The summed E-state index contributed by atoms with van der Waals surface area (Å²) in [6.45, 7) is 0. The predicted octanol–water partition coefficient (Wildman–Crippen LogP) is 0.810. The van der Waals surface area contributed by atoms with E-state index in [1.165, 1.54) is 0 Å². The maximum Gasteiger partial charge on any atom is 0.534 e. The van der Waals surface area contributed by atoms with Crippen LogP contribution in [0.1, 0.15) is 0 Å². The van der Waals surface area contributed by atoms with Crippen molar-refractivity contribution in [3.8, 4) is 5.75 Å². The van der Waals surface area contributed by atoms with Gasteiger partial charge in [0.1, 0.15) is 0 Å². The summed E-state index contributed by atoms with van der Waals surface area (Å²) in [5.41, 5.74) is -5.40. The van der Waals surface area contributed by atoms with E-state index in [2.05, 4.69) is 9.02 Å². The van der Waals surface area contributed by atoms with E-state index in [1.807, 2.05) is 0 Å². The summed E-state index contributed by atoms with van der Waals surface area (Å²) in [7, 11) is -4.73. The number of quaternary nitrogens is 1. The van der Waals surface area contributed by atoms with Crippen LogP contribution in [0.3, 0.4) is 0 Å². The molecule has 1 rings (SSSR count). The molecule has 0 heterocycles. The zero-order valence-electron chi connectivity index (χ0n) is 8.86. The standard InChI is InChI=1S/C8H7F4NO4S/c1-16-13-7-5(9)3-2-4-6(7)17-18(14,15)8(10,11)12/h2-4,13H,1H3/p+1. The first kappa shape index (κ1) is 14.7. The first-order valence-electron chi connectivity index (χ1n) is 4.34. The predicted molar refractivity (Wildman–Crippen MR) is 50.6 cm³/mol. The van der Waals surface area contributed by atoms with Gasteiger partial charge in [-0.05, 0) is 12.1 Å². The van der Waals surface area contributed by atoms with Crippen molar-refractivity contribution in [3.63, 3.8) is 0 Å². The van der Waals surface area contributed by atoms with Crippen LogP contribution < -0.4 is 9.66 Å². The highest BCUT2D eigenvalue weighted by Gasteiger charge is 2.49. The molecule has 0 fully saturated rings. The molecule has 0 saturated heterocycles. The zero-order chi connectivity index (χ0) is 14.0. The molecular formula is C8H8F4NO4S+. The Hall–Kier alpha value is -1.39. The van der Waals surface area contributed by atoms with E-state index < -0.39 is 32.9 Å². The molecule has 0 radical (unpaired) electrons. The fourth-order valence-electron chi connectivity index (χ4n) is 0.988. The van der Waals surface area contributed by atoms with E-state index in [4.69, 9.17) is 0 Å². The second-order valence-corrected chi connectivity index (χ2v) is 4.53. The third kappa shape index (κ3) is 3.09. The number of hydrogen-bond acceptors (Lipinski definition) is 4. The maximum absolute atomic E-state index is 13.2. The second kappa shape index (κ2) is 5.08. The molecule has 0 aliphatic carbocycles. The van der Waals surface area contributed by atoms with Crippen molar-refractivity contribution in [2.24, 2.45) is 0 Å². The summed E-state index contributed by atoms with van der Waals surface area (Å²) >= 11 is 0. The quantitative estimate of drug-likeness (QED) is 0.293. The largest absolute Gasteiger partial charge is 0.534 e. The lowest BCUT2D eigenvalue weighted by molar-refractivity contribution is -0.831. The molecule has 0 bridgehead atoms. The fraction of sp³-hybridized carbons (Fsp3) is 0.250. The van der Waals surface area contributed by atoms with Gasteiger partial charge in [-0.25, -0.2) is 9.23 Å². The molecule has 5 nitrogen and oxygen atoms in total. The van der Waals surface area contributed by atoms with Crippen molar-refractivity contribution in [3.05, 3.63) is 24.0 Å². The zero-order valence-corrected chi connectivity index (χ0v) is 9.68. The molecule has 0 aliphatic heterocycles. The van der Waals surface area contributed by atoms with Crippen LogP contribution in [0.25, 0.3) is 0 Å². The number of rotatable bonds is 4. The Balaban J connectivity index is 3.16. The summed E-state index contributed by atoms with van der Waals surface area (Å²) in [5.74, 6) is -1.79. The average molecular weight is 290 g/mol. The number of hydrogen-bond donors (Lipinski definition) is 1. The minimum Gasteiger partial charge on any atom is -0.369 e. The Kier molecular flexibility index (Phi) is 4.14. The highest BCUT2D eigenvalue weighted by molar-refractivity contribution is 7.88. The Morgan fingerprint density at radius 3 is 2.39 bits per heavy atom. The molecule has 1 aromatic carbocycles. The van der Waals surface area contributed by atoms with E-state index >= 15 is 0 Å². The van der Waals surface area contributed by atoms with Gasteiger partial charge in [-0.3, -0.25) is 0 Å². The van der Waals surface area contributed by atoms with Gasteiger partial charge in [0.15, 0.2) is 5.82 Å². The molecular weight excluding hydrogens is 282 g/mol. The van der Waals surface area contributed by atoms with Crippen molar-refractivity contribution in [1.82, 2.24) is 0 Å². The van der Waals surface area contributed by atoms with Gasteiger partial charge in [0, 0.05) is 0 Å². The monoisotopic (exact) mass is 290 g/mol. The summed E-state index contributed by atoms with van der Waals surface area (Å²) < 4.78 is 74.9. The molecule has 0 spiro atoms. The van der Waals surface area contributed by atoms with Gasteiger partial charge in [-0.15, -0.1) is 0 Å². The van der Waals surface area contributed by atoms with E-state index in [-0.39, 0.29) is 0 Å². The fourth-order valence-corrected chi connectivity index (χ4v) is 1.46. The van der Waals surface area contributed by atoms with Gasteiger partial charge in [0.25, 0.3) is 0 Å². The van der Waals surface area contributed by atoms with Crippen LogP contribution in [0.2, 0.25) is 0 Å². The van der Waals surface area contributed by atoms with Gasteiger partial charge in [-0.2, -0.15) is 27.1 Å². The van der Waals surface area contributed by atoms with Crippen LogP contribution in [-0.2, 0) is 15.0 Å². The van der Waals surface area contributed by atoms with Gasteiger partial charge in [0.2, 0.25) is 11.4 Å². The first-order valence-corrected chi connectivity index (χ1v) is 5.75. The van der Waals surface area contributed by atoms with Gasteiger partial charge in [-0.1, -0.05) is 6.07 Å². The molecule has 0 unspecified atom stereocenters. The highest BCUT2D eigenvalue weighted by Crippen LogP contribution is 2.30. The smallest absolute Gasteiger partial charge is 0.369 e. The molecule has 0 aliphatic rings. The molecule has 0 amide bonds. The van der Waals surface area contributed by atoms with Gasteiger partial charge < -0.3 is 4.18 Å². The Bertz CT molecular complexity index is 528. The molecule has 0 atom stereocenters. The minimum absolute atomic E-state index is 0.534. The van der Waals surface area contributed by atoms with E-state index in [9.17, 15) is 26.0 Å². The number of nitrogens with two attached hydrogens (primary N) is 1. The second-order valence-electron chi connectivity index (χ2n) is 2.99. The van der Waals surface area contributed by atoms with Crippen LogP contribution >= 0.6 is 0 Å². The van der Waals surface area contributed by atoms with Crippen molar-refractivity contribution in [2.75, 3.05) is 7.11 Å². The SMILES string of the molecule is CO[NH2+]c1c(F)cccc1OS(=O)(=O)C(F)(F)F. The summed E-state index contributed by atoms with van der Waals surface area (Å²) in [6, 6.07) is 2.79. The first-order chi connectivity index (χ1) is 8.19. The lowest BCUT2D eigenvalue weighted by atomic mass is 10.3. The summed E-state index contributed by atoms with van der Waals surface area (Å²) in [6.07, 6.45) is 0. The van der Waals surface area contributed by atoms with E-state index in [1.54, 1.807) is 0 Å². The number of alkyl halides is 3. The van der Waals surface area contributed by atoms with Crippen LogP contribution in [-0.4, -0.2) is 21.0 Å². The van der Waals surface area contributed by atoms with Crippen LogP contribution in [0, 0.1) is 5.82 Å². The maximum atomic E-state index is 13.2. The summed E-state index contributed by atoms with van der Waals surface area (Å²) in [5, 5.41) is 0. The van der Waals surface area contributed by atoms with Crippen LogP contribution in [0.15, 0.2) is 18.2 Å². The number of halogens is 4. The topological polar surface area (TPSA) is 69.2 Å². The van der Waals surface area contributed by atoms with Crippen LogP contribution in [0.4, 0.5) is 23.2 Å². The number of benzene rings is 1. The lowest BCUT2D eigenvalue weighted by Gasteiger charge is -2.10. The van der Waals surface area contributed by atoms with Gasteiger partial charge in [0.05, 0.1) is 7.11 Å². The Labute approximate surface area is 99.4 Å². The van der Waals surface area contributed by atoms with Gasteiger partial charge >= 0.3 is 15.6 Å². The van der Waals surface area contributed by atoms with E-state index in [0.29, 0.717) is 0 Å². The lowest BCUT2D eigenvalue weighted by Crippen LogP contribution is -2.76. The van der Waals surface area contributed by atoms with Crippen molar-refractivity contribution in [1.29, 1.82) is 0 Å². The molecule has 2 N–H and O–H groups in total. The molecule has 102 valence electrons. The van der Waals surface area contributed by atoms with E-state index in [0.717, 1.165) is 30.8 Å². The van der Waals surface area contributed by atoms with Crippen molar-refractivity contribution < 1.29 is 40.5 Å².